The highest BCUT2D eigenvalue weighted by Crippen LogP contribution is 2.32. The van der Waals surface area contributed by atoms with E-state index >= 15 is 0 Å². The summed E-state index contributed by atoms with van der Waals surface area (Å²) in [5.41, 5.74) is 1.06. The lowest BCUT2D eigenvalue weighted by atomic mass is 10.1. The van der Waals surface area contributed by atoms with Gasteiger partial charge in [-0.3, -0.25) is 9.59 Å². The van der Waals surface area contributed by atoms with Crippen LogP contribution in [0, 0.1) is 5.82 Å². The predicted octanol–water partition coefficient (Wildman–Crippen LogP) is 4.71. The number of anilines is 2. The summed E-state index contributed by atoms with van der Waals surface area (Å²) < 4.78 is 24.4. The summed E-state index contributed by atoms with van der Waals surface area (Å²) in [6.07, 6.45) is 0. The maximum atomic E-state index is 13.9. The van der Waals surface area contributed by atoms with Crippen molar-refractivity contribution in [3.8, 4) is 11.5 Å². The zero-order valence-electron chi connectivity index (χ0n) is 14.9. The van der Waals surface area contributed by atoms with Gasteiger partial charge in [0, 0.05) is 22.0 Å². The maximum absolute atomic E-state index is 13.9. The van der Waals surface area contributed by atoms with Crippen LogP contribution in [-0.4, -0.2) is 18.6 Å². The number of amides is 2. The summed E-state index contributed by atoms with van der Waals surface area (Å²) >= 11 is 5.83. The van der Waals surface area contributed by atoms with Gasteiger partial charge in [0.05, 0.1) is 5.56 Å². The molecule has 0 bridgehead atoms. The summed E-state index contributed by atoms with van der Waals surface area (Å²) in [5, 5.41) is 5.58. The molecule has 0 saturated heterocycles. The number of rotatable bonds is 4. The molecule has 3 aromatic carbocycles. The van der Waals surface area contributed by atoms with E-state index in [1.165, 1.54) is 12.1 Å². The number of hydrogen-bond donors (Lipinski definition) is 2. The standard InChI is InChI=1S/C21H14ClFN2O4/c22-13-5-6-17(23)16(9-13)21(27)25-15-3-1-2-14(10-15)24-20(26)12-4-7-18-19(8-12)29-11-28-18/h1-10H,11H2,(H,24,26)(H,25,27). The molecule has 146 valence electrons. The Bertz CT molecular complexity index is 1120. The largest absolute Gasteiger partial charge is 0.454 e. The summed E-state index contributed by atoms with van der Waals surface area (Å²) in [6.45, 7) is 0.120. The van der Waals surface area contributed by atoms with Gasteiger partial charge in [0.2, 0.25) is 6.79 Å². The lowest BCUT2D eigenvalue weighted by Crippen LogP contribution is -2.15. The average Bonchev–Trinajstić information content (AvgIpc) is 3.18. The summed E-state index contributed by atoms with van der Waals surface area (Å²) in [5.74, 6) is -0.599. The van der Waals surface area contributed by atoms with Crippen molar-refractivity contribution >= 4 is 34.8 Å². The van der Waals surface area contributed by atoms with Crippen molar-refractivity contribution < 1.29 is 23.5 Å². The van der Waals surface area contributed by atoms with Crippen molar-refractivity contribution in [2.24, 2.45) is 0 Å². The fourth-order valence-electron chi connectivity index (χ4n) is 2.79. The van der Waals surface area contributed by atoms with Crippen molar-refractivity contribution in [2.45, 2.75) is 0 Å². The highest BCUT2D eigenvalue weighted by Gasteiger charge is 2.17. The second kappa shape index (κ2) is 7.81. The van der Waals surface area contributed by atoms with Crippen molar-refractivity contribution in [1.82, 2.24) is 0 Å². The molecule has 29 heavy (non-hydrogen) atoms. The lowest BCUT2D eigenvalue weighted by molar-refractivity contribution is 0.101. The Morgan fingerprint density at radius 2 is 1.59 bits per heavy atom. The highest BCUT2D eigenvalue weighted by molar-refractivity contribution is 6.31. The van der Waals surface area contributed by atoms with Crippen molar-refractivity contribution in [1.29, 1.82) is 0 Å². The van der Waals surface area contributed by atoms with Gasteiger partial charge in [-0.1, -0.05) is 17.7 Å². The zero-order valence-corrected chi connectivity index (χ0v) is 15.6. The summed E-state index contributed by atoms with van der Waals surface area (Å²) in [4.78, 5) is 24.8. The monoisotopic (exact) mass is 412 g/mol. The molecule has 1 aliphatic heterocycles. The second-order valence-electron chi connectivity index (χ2n) is 6.18. The predicted molar refractivity (Wildman–Crippen MR) is 106 cm³/mol. The molecule has 0 spiro atoms. The van der Waals surface area contributed by atoms with Gasteiger partial charge in [0.1, 0.15) is 5.82 Å². The van der Waals surface area contributed by atoms with Crippen molar-refractivity contribution in [3.05, 3.63) is 82.6 Å². The van der Waals surface area contributed by atoms with E-state index < -0.39 is 11.7 Å². The van der Waals surface area contributed by atoms with Gasteiger partial charge in [-0.05, 0) is 54.6 Å². The lowest BCUT2D eigenvalue weighted by Gasteiger charge is -2.10. The Balaban J connectivity index is 1.48. The number of benzene rings is 3. The highest BCUT2D eigenvalue weighted by atomic mass is 35.5. The molecular weight excluding hydrogens is 399 g/mol. The van der Waals surface area contributed by atoms with Gasteiger partial charge < -0.3 is 20.1 Å². The first-order valence-electron chi connectivity index (χ1n) is 8.57. The quantitative estimate of drug-likeness (QED) is 0.650. The number of carbonyl (C=O) groups excluding carboxylic acids is 2. The molecule has 0 atom stereocenters. The SMILES string of the molecule is O=C(Nc1cccc(NC(=O)c2cc(Cl)ccc2F)c1)c1ccc2c(c1)OCO2. The molecule has 0 unspecified atom stereocenters. The van der Waals surface area contributed by atoms with Gasteiger partial charge in [0.15, 0.2) is 11.5 Å². The van der Waals surface area contributed by atoms with Crippen LogP contribution in [0.5, 0.6) is 11.5 Å². The summed E-state index contributed by atoms with van der Waals surface area (Å²) in [6, 6.07) is 15.1. The molecule has 1 aliphatic rings. The van der Waals surface area contributed by atoms with Crippen LogP contribution in [-0.2, 0) is 0 Å². The molecule has 6 nitrogen and oxygen atoms in total. The Labute approximate surface area is 170 Å². The maximum Gasteiger partial charge on any atom is 0.258 e. The number of hydrogen-bond acceptors (Lipinski definition) is 4. The smallest absolute Gasteiger partial charge is 0.258 e. The molecule has 0 aliphatic carbocycles. The van der Waals surface area contributed by atoms with Crippen molar-refractivity contribution in [2.75, 3.05) is 17.4 Å². The number of halogens is 2. The van der Waals surface area contributed by atoms with E-state index in [9.17, 15) is 14.0 Å². The van der Waals surface area contributed by atoms with E-state index in [1.54, 1.807) is 42.5 Å². The van der Waals surface area contributed by atoms with Gasteiger partial charge in [-0.15, -0.1) is 0 Å². The van der Waals surface area contributed by atoms with E-state index in [0.29, 0.717) is 28.4 Å². The van der Waals surface area contributed by atoms with Gasteiger partial charge in [-0.2, -0.15) is 0 Å². The van der Waals surface area contributed by atoms with Crippen LogP contribution in [0.4, 0.5) is 15.8 Å². The van der Waals surface area contributed by atoms with Crippen LogP contribution in [0.2, 0.25) is 5.02 Å². The van der Waals surface area contributed by atoms with Crippen LogP contribution in [0.1, 0.15) is 20.7 Å². The van der Waals surface area contributed by atoms with Crippen molar-refractivity contribution in [3.63, 3.8) is 0 Å². The van der Waals surface area contributed by atoms with Crippen LogP contribution in [0.3, 0.4) is 0 Å². The Morgan fingerprint density at radius 1 is 0.862 bits per heavy atom. The Morgan fingerprint density at radius 3 is 2.38 bits per heavy atom. The van der Waals surface area contributed by atoms with Gasteiger partial charge in [-0.25, -0.2) is 4.39 Å². The van der Waals surface area contributed by atoms with E-state index in [4.69, 9.17) is 21.1 Å². The normalized spacial score (nSPS) is 11.8. The molecule has 1 heterocycles. The van der Waals surface area contributed by atoms with E-state index in [0.717, 1.165) is 6.07 Å². The molecular formula is C21H14ClFN2O4. The minimum absolute atomic E-state index is 0.120. The fourth-order valence-corrected chi connectivity index (χ4v) is 2.96. The minimum atomic E-state index is -0.681. The first kappa shape index (κ1) is 18.8. The second-order valence-corrected chi connectivity index (χ2v) is 6.62. The molecule has 3 aromatic rings. The van der Waals surface area contributed by atoms with Gasteiger partial charge >= 0.3 is 0 Å². The average molecular weight is 413 g/mol. The topological polar surface area (TPSA) is 76.7 Å². The van der Waals surface area contributed by atoms with Crippen LogP contribution >= 0.6 is 11.6 Å². The number of ether oxygens (including phenoxy) is 2. The third kappa shape index (κ3) is 4.14. The molecule has 8 heteroatoms. The van der Waals surface area contributed by atoms with Crippen LogP contribution in [0.15, 0.2) is 60.7 Å². The number of carbonyl (C=O) groups is 2. The molecule has 0 fully saturated rings. The first-order chi connectivity index (χ1) is 14.0. The van der Waals surface area contributed by atoms with E-state index in [2.05, 4.69) is 10.6 Å². The van der Waals surface area contributed by atoms with E-state index in [1.807, 2.05) is 0 Å². The first-order valence-corrected chi connectivity index (χ1v) is 8.95. The Hall–Kier alpha value is -3.58. The van der Waals surface area contributed by atoms with Gasteiger partial charge in [0.25, 0.3) is 11.8 Å². The third-order valence-corrected chi connectivity index (χ3v) is 4.42. The fraction of sp³-hybridized carbons (Fsp3) is 0.0476. The molecule has 0 saturated carbocycles. The molecule has 4 rings (SSSR count). The molecule has 2 N–H and O–H groups in total. The summed E-state index contributed by atoms with van der Waals surface area (Å²) in [7, 11) is 0. The minimum Gasteiger partial charge on any atom is -0.454 e. The molecule has 2 amide bonds. The number of nitrogens with one attached hydrogen (secondary N) is 2. The third-order valence-electron chi connectivity index (χ3n) is 4.19. The zero-order chi connectivity index (χ0) is 20.4. The van der Waals surface area contributed by atoms with Crippen LogP contribution < -0.4 is 20.1 Å². The Kier molecular flexibility index (Phi) is 5.05. The molecule has 0 aromatic heterocycles. The molecule has 0 radical (unpaired) electrons. The number of fused-ring (bicyclic) bond motifs is 1. The van der Waals surface area contributed by atoms with E-state index in [-0.39, 0.29) is 23.3 Å². The van der Waals surface area contributed by atoms with Crippen LogP contribution in [0.25, 0.3) is 0 Å².